The van der Waals surface area contributed by atoms with Gasteiger partial charge in [-0.2, -0.15) is 0 Å². The zero-order chi connectivity index (χ0) is 12.3. The number of nitrogens with two attached hydrogens (primary N) is 1. The molecule has 0 spiro atoms. The molecule has 1 aromatic rings. The minimum Gasteiger partial charge on any atom is -0.328 e. The van der Waals surface area contributed by atoms with Crippen molar-refractivity contribution in [1.82, 2.24) is 4.90 Å². The van der Waals surface area contributed by atoms with Crippen LogP contribution in [0.2, 0.25) is 0 Å². The summed E-state index contributed by atoms with van der Waals surface area (Å²) in [5.74, 6) is 0. The van der Waals surface area contributed by atoms with Gasteiger partial charge in [0.2, 0.25) is 0 Å². The second-order valence-electron chi connectivity index (χ2n) is 5.46. The topological polar surface area (TPSA) is 29.3 Å². The van der Waals surface area contributed by atoms with Crippen molar-refractivity contribution in [2.75, 3.05) is 13.6 Å². The summed E-state index contributed by atoms with van der Waals surface area (Å²) in [5, 5.41) is 0. The van der Waals surface area contributed by atoms with E-state index in [1.165, 1.54) is 24.8 Å². The number of benzene rings is 1. The van der Waals surface area contributed by atoms with Gasteiger partial charge in [-0.3, -0.25) is 0 Å². The van der Waals surface area contributed by atoms with E-state index in [1.54, 1.807) is 11.1 Å². The SMILES string of the molecule is CC(N)CCN(C)Cc1ccc2c(c1)CCC2. The molecule has 0 heterocycles. The lowest BCUT2D eigenvalue weighted by Gasteiger charge is -2.18. The Kier molecular flexibility index (Phi) is 4.19. The third-order valence-corrected chi connectivity index (χ3v) is 3.58. The van der Waals surface area contributed by atoms with E-state index < -0.39 is 0 Å². The van der Waals surface area contributed by atoms with Crippen LogP contribution in [0.4, 0.5) is 0 Å². The van der Waals surface area contributed by atoms with E-state index in [2.05, 4.69) is 37.1 Å². The second-order valence-corrected chi connectivity index (χ2v) is 5.46. The summed E-state index contributed by atoms with van der Waals surface area (Å²) in [6.07, 6.45) is 4.95. The molecular formula is C15H24N2. The highest BCUT2D eigenvalue weighted by Gasteiger charge is 2.11. The average Bonchev–Trinajstić information content (AvgIpc) is 2.73. The maximum atomic E-state index is 5.78. The van der Waals surface area contributed by atoms with Gasteiger partial charge in [-0.05, 0) is 62.9 Å². The molecule has 1 aromatic carbocycles. The summed E-state index contributed by atoms with van der Waals surface area (Å²) < 4.78 is 0. The molecule has 0 saturated heterocycles. The molecule has 1 aliphatic rings. The van der Waals surface area contributed by atoms with Crippen LogP contribution >= 0.6 is 0 Å². The van der Waals surface area contributed by atoms with E-state index >= 15 is 0 Å². The monoisotopic (exact) mass is 232 g/mol. The van der Waals surface area contributed by atoms with Crippen LogP contribution in [0.5, 0.6) is 0 Å². The van der Waals surface area contributed by atoms with Gasteiger partial charge in [0.1, 0.15) is 0 Å². The molecule has 0 bridgehead atoms. The van der Waals surface area contributed by atoms with Crippen molar-refractivity contribution in [3.63, 3.8) is 0 Å². The Bertz CT molecular complexity index is 371. The number of hydrogen-bond acceptors (Lipinski definition) is 2. The predicted octanol–water partition coefficient (Wildman–Crippen LogP) is 2.34. The highest BCUT2D eigenvalue weighted by Crippen LogP contribution is 2.23. The number of nitrogens with zero attached hydrogens (tertiary/aromatic N) is 1. The first-order valence-corrected chi connectivity index (χ1v) is 6.70. The maximum Gasteiger partial charge on any atom is 0.0230 e. The molecule has 0 amide bonds. The first kappa shape index (κ1) is 12.6. The van der Waals surface area contributed by atoms with Crippen molar-refractivity contribution in [3.8, 4) is 0 Å². The molecule has 0 saturated carbocycles. The van der Waals surface area contributed by atoms with Gasteiger partial charge in [-0.25, -0.2) is 0 Å². The van der Waals surface area contributed by atoms with Gasteiger partial charge in [0.25, 0.3) is 0 Å². The second kappa shape index (κ2) is 5.65. The molecular weight excluding hydrogens is 208 g/mol. The summed E-state index contributed by atoms with van der Waals surface area (Å²) in [4.78, 5) is 2.36. The van der Waals surface area contributed by atoms with Gasteiger partial charge >= 0.3 is 0 Å². The van der Waals surface area contributed by atoms with Crippen molar-refractivity contribution in [2.45, 2.75) is 45.2 Å². The molecule has 0 aliphatic heterocycles. The molecule has 1 aliphatic carbocycles. The lowest BCUT2D eigenvalue weighted by Crippen LogP contribution is -2.25. The van der Waals surface area contributed by atoms with Crippen LogP contribution in [-0.4, -0.2) is 24.5 Å². The fourth-order valence-corrected chi connectivity index (χ4v) is 2.54. The van der Waals surface area contributed by atoms with Crippen LogP contribution in [0.15, 0.2) is 18.2 Å². The van der Waals surface area contributed by atoms with Crippen molar-refractivity contribution in [2.24, 2.45) is 5.73 Å². The zero-order valence-electron chi connectivity index (χ0n) is 11.1. The fraction of sp³-hybridized carbons (Fsp3) is 0.600. The summed E-state index contributed by atoms with van der Waals surface area (Å²) in [5.41, 5.74) is 10.4. The molecule has 2 rings (SSSR count). The van der Waals surface area contributed by atoms with E-state index in [0.717, 1.165) is 19.5 Å². The van der Waals surface area contributed by atoms with E-state index in [1.807, 2.05) is 0 Å². The molecule has 0 radical (unpaired) electrons. The normalized spacial score (nSPS) is 16.2. The first-order valence-electron chi connectivity index (χ1n) is 6.70. The van der Waals surface area contributed by atoms with Crippen molar-refractivity contribution < 1.29 is 0 Å². The Morgan fingerprint density at radius 2 is 2.06 bits per heavy atom. The Morgan fingerprint density at radius 3 is 2.82 bits per heavy atom. The van der Waals surface area contributed by atoms with Crippen molar-refractivity contribution in [3.05, 3.63) is 34.9 Å². The van der Waals surface area contributed by atoms with E-state index in [4.69, 9.17) is 5.73 Å². The lowest BCUT2D eigenvalue weighted by molar-refractivity contribution is 0.313. The van der Waals surface area contributed by atoms with Gasteiger partial charge < -0.3 is 10.6 Å². The Labute approximate surface area is 105 Å². The summed E-state index contributed by atoms with van der Waals surface area (Å²) in [6, 6.07) is 7.30. The summed E-state index contributed by atoms with van der Waals surface area (Å²) >= 11 is 0. The van der Waals surface area contributed by atoms with Gasteiger partial charge in [-0.1, -0.05) is 18.2 Å². The van der Waals surface area contributed by atoms with E-state index in [-0.39, 0.29) is 0 Å². The smallest absolute Gasteiger partial charge is 0.0230 e. The highest BCUT2D eigenvalue weighted by atomic mass is 15.1. The van der Waals surface area contributed by atoms with Crippen LogP contribution in [0.3, 0.4) is 0 Å². The molecule has 2 N–H and O–H groups in total. The van der Waals surface area contributed by atoms with Gasteiger partial charge in [0.05, 0.1) is 0 Å². The van der Waals surface area contributed by atoms with E-state index in [0.29, 0.717) is 6.04 Å². The third-order valence-electron chi connectivity index (χ3n) is 3.58. The van der Waals surface area contributed by atoms with Gasteiger partial charge in [-0.15, -0.1) is 0 Å². The highest BCUT2D eigenvalue weighted by molar-refractivity contribution is 5.35. The minimum atomic E-state index is 0.303. The molecule has 2 heteroatoms. The van der Waals surface area contributed by atoms with Crippen LogP contribution in [0.1, 0.15) is 36.5 Å². The number of aryl methyl sites for hydroxylation is 2. The van der Waals surface area contributed by atoms with Crippen LogP contribution in [0, 0.1) is 0 Å². The van der Waals surface area contributed by atoms with Crippen LogP contribution in [-0.2, 0) is 19.4 Å². The van der Waals surface area contributed by atoms with Crippen LogP contribution in [0.25, 0.3) is 0 Å². The first-order chi connectivity index (χ1) is 8.15. The van der Waals surface area contributed by atoms with Gasteiger partial charge in [0, 0.05) is 12.6 Å². The summed E-state index contributed by atoms with van der Waals surface area (Å²) in [7, 11) is 2.18. The molecule has 1 atom stereocenters. The van der Waals surface area contributed by atoms with Crippen molar-refractivity contribution in [1.29, 1.82) is 0 Å². The third kappa shape index (κ3) is 3.55. The zero-order valence-corrected chi connectivity index (χ0v) is 11.1. The molecule has 0 aromatic heterocycles. The Balaban J connectivity index is 1.90. The number of fused-ring (bicyclic) bond motifs is 1. The maximum absolute atomic E-state index is 5.78. The van der Waals surface area contributed by atoms with E-state index in [9.17, 15) is 0 Å². The minimum absolute atomic E-state index is 0.303. The van der Waals surface area contributed by atoms with Gasteiger partial charge in [0.15, 0.2) is 0 Å². The number of hydrogen-bond donors (Lipinski definition) is 1. The quantitative estimate of drug-likeness (QED) is 0.844. The Morgan fingerprint density at radius 1 is 1.29 bits per heavy atom. The Hall–Kier alpha value is -0.860. The largest absolute Gasteiger partial charge is 0.328 e. The molecule has 1 unspecified atom stereocenters. The summed E-state index contributed by atoms with van der Waals surface area (Å²) in [6.45, 7) is 4.19. The van der Waals surface area contributed by atoms with Crippen LogP contribution < -0.4 is 5.73 Å². The molecule has 94 valence electrons. The van der Waals surface area contributed by atoms with Crippen molar-refractivity contribution >= 4 is 0 Å². The predicted molar refractivity (Wildman–Crippen MR) is 73.1 cm³/mol. The average molecular weight is 232 g/mol. The molecule has 0 fully saturated rings. The molecule has 17 heavy (non-hydrogen) atoms. The fourth-order valence-electron chi connectivity index (χ4n) is 2.54. The number of rotatable bonds is 5. The lowest BCUT2D eigenvalue weighted by atomic mass is 10.1. The molecule has 2 nitrogen and oxygen atoms in total. The standard InChI is InChI=1S/C15H24N2/c1-12(16)8-9-17(2)11-13-6-7-14-4-3-5-15(14)10-13/h6-7,10,12H,3-5,8-9,11,16H2,1-2H3.